The normalized spacial score (nSPS) is 15.9. The van der Waals surface area contributed by atoms with E-state index < -0.39 is 28.0 Å². The molecule has 3 rings (SSSR count). The van der Waals surface area contributed by atoms with Gasteiger partial charge < -0.3 is 14.8 Å². The molecule has 2 aromatic rings. The molecule has 0 saturated heterocycles. The van der Waals surface area contributed by atoms with Gasteiger partial charge in [0.1, 0.15) is 5.75 Å². The Labute approximate surface area is 163 Å². The number of nitrogens with zero attached hydrogens (tertiary/aromatic N) is 1. The van der Waals surface area contributed by atoms with Crippen LogP contribution in [0.15, 0.2) is 48.5 Å². The molecular weight excluding hydrogens is 384 g/mol. The lowest BCUT2D eigenvalue weighted by molar-refractivity contribution is -0.122. The molecule has 0 aromatic heterocycles. The number of sulfonamides is 1. The molecule has 28 heavy (non-hydrogen) atoms. The van der Waals surface area contributed by atoms with Gasteiger partial charge in [-0.1, -0.05) is 12.1 Å². The quantitative estimate of drug-likeness (QED) is 0.765. The van der Waals surface area contributed by atoms with Crippen LogP contribution >= 0.6 is 0 Å². The molecule has 0 bridgehead atoms. The third kappa shape index (κ3) is 4.25. The van der Waals surface area contributed by atoms with Crippen molar-refractivity contribution in [1.82, 2.24) is 0 Å². The highest BCUT2D eigenvalue weighted by Crippen LogP contribution is 2.34. The molecule has 8 nitrogen and oxygen atoms in total. The Bertz CT molecular complexity index is 988. The largest absolute Gasteiger partial charge is 0.476 e. The molecule has 0 radical (unpaired) electrons. The first-order valence-electron chi connectivity index (χ1n) is 8.61. The zero-order valence-electron chi connectivity index (χ0n) is 15.4. The molecular formula is C19H20N2O6S. The third-order valence-electron chi connectivity index (χ3n) is 4.09. The summed E-state index contributed by atoms with van der Waals surface area (Å²) in [5.41, 5.74) is 1.21. The molecule has 2 aromatic carbocycles. The second kappa shape index (κ2) is 7.89. The number of carbonyl (C=O) groups is 2. The monoisotopic (exact) mass is 404 g/mol. The number of benzene rings is 2. The lowest BCUT2D eigenvalue weighted by Gasteiger charge is -2.33. The summed E-state index contributed by atoms with van der Waals surface area (Å²) in [7, 11) is -3.58. The Kier molecular flexibility index (Phi) is 5.55. The molecule has 1 amide bonds. The minimum absolute atomic E-state index is 0.136. The van der Waals surface area contributed by atoms with E-state index >= 15 is 0 Å². The van der Waals surface area contributed by atoms with Gasteiger partial charge in [-0.15, -0.1) is 0 Å². The molecule has 0 saturated carbocycles. The van der Waals surface area contributed by atoms with E-state index in [1.807, 2.05) is 0 Å². The smallest absolute Gasteiger partial charge is 0.338 e. The Hall–Kier alpha value is -3.07. The molecule has 1 atom stereocenters. The van der Waals surface area contributed by atoms with E-state index in [9.17, 15) is 18.0 Å². The predicted octanol–water partition coefficient (Wildman–Crippen LogP) is 2.03. The van der Waals surface area contributed by atoms with Crippen molar-refractivity contribution in [2.24, 2.45) is 0 Å². The Morgan fingerprint density at radius 1 is 1.18 bits per heavy atom. The van der Waals surface area contributed by atoms with Gasteiger partial charge in [0.2, 0.25) is 10.0 Å². The molecule has 1 aliphatic heterocycles. The van der Waals surface area contributed by atoms with Crippen LogP contribution in [0.5, 0.6) is 5.75 Å². The summed E-state index contributed by atoms with van der Waals surface area (Å²) in [6.45, 7) is 1.85. The van der Waals surface area contributed by atoms with Gasteiger partial charge >= 0.3 is 5.97 Å². The number of hydrogen-bond donors (Lipinski definition) is 1. The molecule has 0 unspecified atom stereocenters. The van der Waals surface area contributed by atoms with Gasteiger partial charge in [0.15, 0.2) is 6.10 Å². The summed E-state index contributed by atoms with van der Waals surface area (Å²) < 4.78 is 36.0. The van der Waals surface area contributed by atoms with E-state index in [1.165, 1.54) is 12.1 Å². The van der Waals surface area contributed by atoms with E-state index in [2.05, 4.69) is 5.32 Å². The summed E-state index contributed by atoms with van der Waals surface area (Å²) >= 11 is 0. The minimum atomic E-state index is -3.58. The number of nitrogens with one attached hydrogen (secondary N) is 1. The van der Waals surface area contributed by atoms with Crippen LogP contribution < -0.4 is 14.4 Å². The van der Waals surface area contributed by atoms with E-state index in [1.54, 1.807) is 43.3 Å². The van der Waals surface area contributed by atoms with Crippen LogP contribution in [0.1, 0.15) is 17.3 Å². The van der Waals surface area contributed by atoms with Gasteiger partial charge in [-0.25, -0.2) is 13.2 Å². The lowest BCUT2D eigenvalue weighted by atomic mass is 10.2. The number of hydrogen-bond acceptors (Lipinski definition) is 6. The highest BCUT2D eigenvalue weighted by Gasteiger charge is 2.34. The van der Waals surface area contributed by atoms with Gasteiger partial charge in [0, 0.05) is 5.69 Å². The Balaban J connectivity index is 1.75. The van der Waals surface area contributed by atoms with Crippen molar-refractivity contribution in [2.75, 3.05) is 29.0 Å². The SMILES string of the molecule is CCOC(=O)c1ccc(NC(=O)[C@H]2CN(S(C)(=O)=O)c3ccccc3O2)cc1. The van der Waals surface area contributed by atoms with E-state index in [4.69, 9.17) is 9.47 Å². The van der Waals surface area contributed by atoms with Crippen molar-refractivity contribution < 1.29 is 27.5 Å². The van der Waals surface area contributed by atoms with Crippen molar-refractivity contribution in [3.8, 4) is 5.75 Å². The lowest BCUT2D eigenvalue weighted by Crippen LogP contribution is -2.48. The number of para-hydroxylation sites is 2. The number of amides is 1. The highest BCUT2D eigenvalue weighted by atomic mass is 32.2. The summed E-state index contributed by atoms with van der Waals surface area (Å²) in [6, 6.07) is 12.8. The van der Waals surface area contributed by atoms with Gasteiger partial charge in [0.25, 0.3) is 5.91 Å². The maximum atomic E-state index is 12.6. The average Bonchev–Trinajstić information content (AvgIpc) is 2.67. The van der Waals surface area contributed by atoms with Gasteiger partial charge in [-0.2, -0.15) is 0 Å². The third-order valence-corrected chi connectivity index (χ3v) is 5.24. The zero-order chi connectivity index (χ0) is 20.3. The molecule has 0 aliphatic carbocycles. The average molecular weight is 404 g/mol. The van der Waals surface area contributed by atoms with Crippen molar-refractivity contribution in [2.45, 2.75) is 13.0 Å². The first-order chi connectivity index (χ1) is 13.3. The summed E-state index contributed by atoms with van der Waals surface area (Å²) in [6.07, 6.45) is 0.0624. The molecule has 0 fully saturated rings. The van der Waals surface area contributed by atoms with Crippen LogP contribution in [-0.2, 0) is 19.6 Å². The number of anilines is 2. The first kappa shape index (κ1) is 19.7. The van der Waals surface area contributed by atoms with Crippen molar-refractivity contribution in [3.63, 3.8) is 0 Å². The molecule has 9 heteroatoms. The molecule has 1 aliphatic rings. The molecule has 1 heterocycles. The van der Waals surface area contributed by atoms with Crippen LogP contribution in [0.3, 0.4) is 0 Å². The number of carbonyl (C=O) groups excluding carboxylic acids is 2. The summed E-state index contributed by atoms with van der Waals surface area (Å²) in [4.78, 5) is 24.3. The predicted molar refractivity (Wildman–Crippen MR) is 104 cm³/mol. The summed E-state index contributed by atoms with van der Waals surface area (Å²) in [5.74, 6) is -0.625. The second-order valence-electron chi connectivity index (χ2n) is 6.16. The van der Waals surface area contributed by atoms with Crippen molar-refractivity contribution >= 4 is 33.3 Å². The minimum Gasteiger partial charge on any atom is -0.476 e. The highest BCUT2D eigenvalue weighted by molar-refractivity contribution is 7.92. The number of ether oxygens (including phenoxy) is 2. The van der Waals surface area contributed by atoms with Gasteiger partial charge in [-0.3, -0.25) is 9.10 Å². The first-order valence-corrected chi connectivity index (χ1v) is 10.5. The number of rotatable bonds is 5. The second-order valence-corrected chi connectivity index (χ2v) is 8.06. The fraction of sp³-hybridized carbons (Fsp3) is 0.263. The molecule has 1 N–H and O–H groups in total. The summed E-state index contributed by atoms with van der Waals surface area (Å²) in [5, 5.41) is 2.68. The van der Waals surface area contributed by atoms with Crippen LogP contribution in [0.2, 0.25) is 0 Å². The Morgan fingerprint density at radius 3 is 2.50 bits per heavy atom. The van der Waals surface area contributed by atoms with Crippen LogP contribution in [0, 0.1) is 0 Å². The molecule has 148 valence electrons. The maximum absolute atomic E-state index is 12.6. The van der Waals surface area contributed by atoms with E-state index in [0.717, 1.165) is 10.6 Å². The van der Waals surface area contributed by atoms with Crippen LogP contribution in [0.4, 0.5) is 11.4 Å². The van der Waals surface area contributed by atoms with Gasteiger partial charge in [0.05, 0.1) is 30.7 Å². The van der Waals surface area contributed by atoms with Crippen molar-refractivity contribution in [1.29, 1.82) is 0 Å². The topological polar surface area (TPSA) is 102 Å². The van der Waals surface area contributed by atoms with E-state index in [-0.39, 0.29) is 13.2 Å². The fourth-order valence-electron chi connectivity index (χ4n) is 2.78. The molecule has 0 spiro atoms. The number of esters is 1. The van der Waals surface area contributed by atoms with Gasteiger partial charge in [-0.05, 0) is 43.3 Å². The fourth-order valence-corrected chi connectivity index (χ4v) is 3.69. The zero-order valence-corrected chi connectivity index (χ0v) is 16.2. The number of fused-ring (bicyclic) bond motifs is 1. The van der Waals surface area contributed by atoms with Crippen LogP contribution in [0.25, 0.3) is 0 Å². The Morgan fingerprint density at radius 2 is 1.86 bits per heavy atom. The standard InChI is InChI=1S/C19H20N2O6S/c1-3-26-19(23)13-8-10-14(11-9-13)20-18(22)17-12-21(28(2,24)25)15-6-4-5-7-16(15)27-17/h4-11,17H,3,12H2,1-2H3,(H,20,22)/t17-/m1/s1. The van der Waals surface area contributed by atoms with Crippen LogP contribution in [-0.4, -0.2) is 45.8 Å². The van der Waals surface area contributed by atoms with E-state index in [0.29, 0.717) is 22.7 Å². The van der Waals surface area contributed by atoms with Crippen molar-refractivity contribution in [3.05, 3.63) is 54.1 Å². The maximum Gasteiger partial charge on any atom is 0.338 e.